The highest BCUT2D eigenvalue weighted by molar-refractivity contribution is 9.10. The molecular formula is C11H12BrFO4S. The lowest BCUT2D eigenvalue weighted by molar-refractivity contribution is -0.136. The highest BCUT2D eigenvalue weighted by Gasteiger charge is 2.24. The molecule has 1 rings (SSSR count). The van der Waals surface area contributed by atoms with Crippen molar-refractivity contribution in [2.45, 2.75) is 24.3 Å². The largest absolute Gasteiger partial charge is 0.481 e. The molecule has 0 aliphatic heterocycles. The zero-order valence-electron chi connectivity index (χ0n) is 9.56. The Labute approximate surface area is 113 Å². The van der Waals surface area contributed by atoms with Gasteiger partial charge < -0.3 is 5.11 Å². The molecule has 7 heteroatoms. The summed E-state index contributed by atoms with van der Waals surface area (Å²) < 4.78 is 37.7. The van der Waals surface area contributed by atoms with Gasteiger partial charge >= 0.3 is 5.97 Å². The monoisotopic (exact) mass is 338 g/mol. The van der Waals surface area contributed by atoms with E-state index >= 15 is 0 Å². The van der Waals surface area contributed by atoms with Crippen LogP contribution in [0, 0.1) is 5.82 Å². The van der Waals surface area contributed by atoms with Crippen molar-refractivity contribution in [3.05, 3.63) is 34.1 Å². The third-order valence-electron chi connectivity index (χ3n) is 2.45. The fourth-order valence-corrected chi connectivity index (χ4v) is 3.05. The molecule has 1 aromatic rings. The second-order valence-corrected chi connectivity index (χ2v) is 7.29. The van der Waals surface area contributed by atoms with E-state index in [1.54, 1.807) is 0 Å². The molecule has 0 heterocycles. The van der Waals surface area contributed by atoms with Crippen LogP contribution in [0.4, 0.5) is 4.39 Å². The summed E-state index contributed by atoms with van der Waals surface area (Å²) in [6, 6.07) is 4.08. The summed E-state index contributed by atoms with van der Waals surface area (Å²) in [5.74, 6) is -2.32. The number of hydrogen-bond donors (Lipinski definition) is 1. The number of sulfone groups is 1. The van der Waals surface area contributed by atoms with Crippen LogP contribution in [0.15, 0.2) is 22.7 Å². The maximum Gasteiger partial charge on any atom is 0.304 e. The first kappa shape index (κ1) is 15.1. The predicted molar refractivity (Wildman–Crippen MR) is 68.4 cm³/mol. The number of benzene rings is 1. The van der Waals surface area contributed by atoms with E-state index < -0.39 is 39.0 Å². The minimum Gasteiger partial charge on any atom is -0.481 e. The van der Waals surface area contributed by atoms with Crippen molar-refractivity contribution in [1.29, 1.82) is 0 Å². The molecule has 18 heavy (non-hydrogen) atoms. The van der Waals surface area contributed by atoms with Crippen molar-refractivity contribution >= 4 is 31.7 Å². The van der Waals surface area contributed by atoms with Gasteiger partial charge in [-0.25, -0.2) is 12.8 Å². The molecule has 1 aromatic carbocycles. The lowest BCUT2D eigenvalue weighted by atomic mass is 10.2. The minimum absolute atomic E-state index is 0.0374. The Morgan fingerprint density at radius 3 is 2.61 bits per heavy atom. The SMILES string of the molecule is CC(CC(=O)O)S(=O)(=O)Cc1ccc(Br)cc1F. The second-order valence-electron chi connectivity index (χ2n) is 3.95. The van der Waals surface area contributed by atoms with Crippen molar-refractivity contribution < 1.29 is 22.7 Å². The van der Waals surface area contributed by atoms with Crippen LogP contribution in [0.2, 0.25) is 0 Å². The lowest BCUT2D eigenvalue weighted by Gasteiger charge is -2.11. The van der Waals surface area contributed by atoms with E-state index in [2.05, 4.69) is 15.9 Å². The van der Waals surface area contributed by atoms with Crippen molar-refractivity contribution in [1.82, 2.24) is 0 Å². The van der Waals surface area contributed by atoms with Gasteiger partial charge in [-0.1, -0.05) is 22.0 Å². The molecule has 4 nitrogen and oxygen atoms in total. The highest BCUT2D eigenvalue weighted by Crippen LogP contribution is 2.19. The van der Waals surface area contributed by atoms with Crippen LogP contribution in [0.3, 0.4) is 0 Å². The number of rotatable bonds is 5. The summed E-state index contributed by atoms with van der Waals surface area (Å²) in [7, 11) is -3.68. The summed E-state index contributed by atoms with van der Waals surface area (Å²) in [6.07, 6.45) is -0.486. The molecule has 0 amide bonds. The zero-order chi connectivity index (χ0) is 13.9. The van der Waals surface area contributed by atoms with Gasteiger partial charge in [0.1, 0.15) is 5.82 Å². The molecule has 0 fully saturated rings. The Morgan fingerprint density at radius 2 is 2.11 bits per heavy atom. The van der Waals surface area contributed by atoms with Gasteiger partial charge in [0.2, 0.25) is 0 Å². The average molecular weight is 339 g/mol. The van der Waals surface area contributed by atoms with Crippen LogP contribution in [0.25, 0.3) is 0 Å². The Morgan fingerprint density at radius 1 is 1.50 bits per heavy atom. The molecule has 1 N–H and O–H groups in total. The maximum absolute atomic E-state index is 13.5. The topological polar surface area (TPSA) is 71.4 Å². The van der Waals surface area contributed by atoms with E-state index in [0.717, 1.165) is 0 Å². The minimum atomic E-state index is -3.68. The molecule has 0 radical (unpaired) electrons. The van der Waals surface area contributed by atoms with E-state index in [0.29, 0.717) is 4.47 Å². The fraction of sp³-hybridized carbons (Fsp3) is 0.364. The summed E-state index contributed by atoms with van der Waals surface area (Å²) in [5.41, 5.74) is 0.0374. The highest BCUT2D eigenvalue weighted by atomic mass is 79.9. The van der Waals surface area contributed by atoms with E-state index in [9.17, 15) is 17.6 Å². The van der Waals surface area contributed by atoms with E-state index in [-0.39, 0.29) is 5.56 Å². The van der Waals surface area contributed by atoms with Gasteiger partial charge in [0.25, 0.3) is 0 Å². The second kappa shape index (κ2) is 5.79. The number of carboxylic acid groups (broad SMARTS) is 1. The van der Waals surface area contributed by atoms with Crippen LogP contribution in [0.1, 0.15) is 18.9 Å². The zero-order valence-corrected chi connectivity index (χ0v) is 12.0. The Hall–Kier alpha value is -0.950. The number of halogens is 2. The molecule has 0 saturated heterocycles. The summed E-state index contributed by atoms with van der Waals surface area (Å²) in [5, 5.41) is 7.52. The molecule has 0 saturated carbocycles. The van der Waals surface area contributed by atoms with E-state index in [1.807, 2.05) is 0 Å². The van der Waals surface area contributed by atoms with Crippen LogP contribution >= 0.6 is 15.9 Å². The first-order valence-corrected chi connectivity index (χ1v) is 7.60. The molecular weight excluding hydrogens is 327 g/mol. The maximum atomic E-state index is 13.5. The number of carbonyl (C=O) groups is 1. The van der Waals surface area contributed by atoms with E-state index in [1.165, 1.54) is 25.1 Å². The first-order chi connectivity index (χ1) is 8.22. The van der Waals surface area contributed by atoms with Crippen LogP contribution in [-0.4, -0.2) is 24.7 Å². The number of aliphatic carboxylic acids is 1. The predicted octanol–water partition coefficient (Wildman–Crippen LogP) is 2.37. The van der Waals surface area contributed by atoms with E-state index in [4.69, 9.17) is 5.11 Å². The van der Waals surface area contributed by atoms with Gasteiger partial charge in [0.15, 0.2) is 9.84 Å². The Kier molecular flexibility index (Phi) is 4.86. The van der Waals surface area contributed by atoms with Crippen LogP contribution < -0.4 is 0 Å². The Balaban J connectivity index is 2.92. The van der Waals surface area contributed by atoms with Gasteiger partial charge in [-0.05, 0) is 19.1 Å². The van der Waals surface area contributed by atoms with Crippen molar-refractivity contribution in [2.24, 2.45) is 0 Å². The molecule has 0 spiro atoms. The molecule has 0 aliphatic rings. The summed E-state index contributed by atoms with van der Waals surface area (Å²) in [6.45, 7) is 1.31. The van der Waals surface area contributed by atoms with Gasteiger partial charge in [-0.3, -0.25) is 4.79 Å². The third-order valence-corrected chi connectivity index (χ3v) is 5.05. The quantitative estimate of drug-likeness (QED) is 0.894. The van der Waals surface area contributed by atoms with Gasteiger partial charge in [0, 0.05) is 10.0 Å². The van der Waals surface area contributed by atoms with Crippen molar-refractivity contribution in [3.63, 3.8) is 0 Å². The molecule has 0 aromatic heterocycles. The summed E-state index contributed by atoms with van der Waals surface area (Å²) >= 11 is 3.07. The Bertz CT molecular complexity index is 556. The van der Waals surface area contributed by atoms with Crippen LogP contribution in [-0.2, 0) is 20.4 Å². The number of carboxylic acids is 1. The molecule has 1 atom stereocenters. The van der Waals surface area contributed by atoms with Crippen molar-refractivity contribution in [2.75, 3.05) is 0 Å². The molecule has 0 bridgehead atoms. The van der Waals surface area contributed by atoms with Crippen molar-refractivity contribution in [3.8, 4) is 0 Å². The molecule has 0 aliphatic carbocycles. The van der Waals surface area contributed by atoms with Gasteiger partial charge in [0.05, 0.1) is 17.4 Å². The first-order valence-electron chi connectivity index (χ1n) is 5.09. The normalized spacial score (nSPS) is 13.3. The summed E-state index contributed by atoms with van der Waals surface area (Å²) in [4.78, 5) is 10.5. The average Bonchev–Trinajstić information content (AvgIpc) is 2.21. The number of hydrogen-bond acceptors (Lipinski definition) is 3. The lowest BCUT2D eigenvalue weighted by Crippen LogP contribution is -2.23. The smallest absolute Gasteiger partial charge is 0.304 e. The third kappa shape index (κ3) is 4.06. The van der Waals surface area contributed by atoms with Gasteiger partial charge in [-0.15, -0.1) is 0 Å². The fourth-order valence-electron chi connectivity index (χ4n) is 1.37. The van der Waals surface area contributed by atoms with Gasteiger partial charge in [-0.2, -0.15) is 0 Å². The standard InChI is InChI=1S/C11H12BrFO4S/c1-7(4-11(14)15)18(16,17)6-8-2-3-9(12)5-10(8)13/h2-3,5,7H,4,6H2,1H3,(H,14,15). The molecule has 1 unspecified atom stereocenters. The molecule has 100 valence electrons. The van der Waals surface area contributed by atoms with Crippen LogP contribution in [0.5, 0.6) is 0 Å².